The molecule has 3 N–H and O–H groups in total. The second-order valence-electron chi connectivity index (χ2n) is 6.76. The molecule has 1 aromatic carbocycles. The zero-order valence-electron chi connectivity index (χ0n) is 14.3. The van der Waals surface area contributed by atoms with Crippen molar-refractivity contribution in [2.24, 2.45) is 0 Å². The van der Waals surface area contributed by atoms with Crippen LogP contribution in [-0.4, -0.2) is 31.9 Å². The molecular formula is C19H23N5O. The molecule has 1 aliphatic rings. The van der Waals surface area contributed by atoms with E-state index >= 15 is 0 Å². The fourth-order valence-corrected chi connectivity index (χ4v) is 3.35. The van der Waals surface area contributed by atoms with Crippen molar-refractivity contribution in [1.29, 1.82) is 0 Å². The highest BCUT2D eigenvalue weighted by Crippen LogP contribution is 2.23. The summed E-state index contributed by atoms with van der Waals surface area (Å²) in [6.45, 7) is 2.06. The van der Waals surface area contributed by atoms with Crippen molar-refractivity contribution in [3.8, 4) is 0 Å². The molecule has 130 valence electrons. The van der Waals surface area contributed by atoms with Gasteiger partial charge in [-0.15, -0.1) is 5.10 Å². The Morgan fingerprint density at radius 1 is 1.08 bits per heavy atom. The van der Waals surface area contributed by atoms with Crippen LogP contribution in [0.2, 0.25) is 0 Å². The van der Waals surface area contributed by atoms with E-state index in [1.54, 1.807) is 0 Å². The normalized spacial score (nSPS) is 20.6. The number of hydrogen-bond acceptors (Lipinski definition) is 5. The first kappa shape index (κ1) is 15.9. The van der Waals surface area contributed by atoms with E-state index in [0.29, 0.717) is 12.0 Å². The van der Waals surface area contributed by atoms with Crippen LogP contribution in [0.25, 0.3) is 5.65 Å². The second kappa shape index (κ2) is 6.72. The van der Waals surface area contributed by atoms with Crippen LogP contribution in [0.4, 0.5) is 17.5 Å². The van der Waals surface area contributed by atoms with Gasteiger partial charge in [-0.05, 0) is 62.4 Å². The molecule has 1 aliphatic carbocycles. The van der Waals surface area contributed by atoms with E-state index in [-0.39, 0.29) is 6.10 Å². The van der Waals surface area contributed by atoms with Crippen molar-refractivity contribution in [2.75, 3.05) is 10.6 Å². The van der Waals surface area contributed by atoms with Crippen LogP contribution >= 0.6 is 0 Å². The van der Waals surface area contributed by atoms with Gasteiger partial charge in [0, 0.05) is 11.7 Å². The highest BCUT2D eigenvalue weighted by Gasteiger charge is 2.20. The largest absolute Gasteiger partial charge is 0.393 e. The van der Waals surface area contributed by atoms with Crippen molar-refractivity contribution < 1.29 is 5.11 Å². The molecular weight excluding hydrogens is 314 g/mol. The van der Waals surface area contributed by atoms with Gasteiger partial charge in [-0.1, -0.05) is 18.2 Å². The molecule has 1 saturated carbocycles. The Labute approximate surface area is 146 Å². The Bertz CT molecular complexity index is 867. The van der Waals surface area contributed by atoms with Crippen LogP contribution in [0.15, 0.2) is 42.5 Å². The number of aliphatic hydroxyl groups is 1. The highest BCUT2D eigenvalue weighted by atomic mass is 16.3. The van der Waals surface area contributed by atoms with Gasteiger partial charge in [0.25, 0.3) is 0 Å². The number of fused-ring (bicyclic) bond motifs is 1. The molecule has 3 aromatic rings. The fourth-order valence-electron chi connectivity index (χ4n) is 3.35. The minimum Gasteiger partial charge on any atom is -0.393 e. The summed E-state index contributed by atoms with van der Waals surface area (Å²) in [6.07, 6.45) is 3.50. The van der Waals surface area contributed by atoms with E-state index in [0.717, 1.165) is 42.8 Å². The maximum atomic E-state index is 9.66. The molecule has 4 rings (SSSR count). The lowest BCUT2D eigenvalue weighted by Crippen LogP contribution is -2.29. The van der Waals surface area contributed by atoms with E-state index in [1.807, 2.05) is 34.8 Å². The molecule has 0 saturated heterocycles. The topological polar surface area (TPSA) is 74.5 Å². The predicted octanol–water partition coefficient (Wildman–Crippen LogP) is 3.50. The molecule has 6 nitrogen and oxygen atoms in total. The fraction of sp³-hybridized carbons (Fsp3) is 0.368. The number of pyridine rings is 1. The first-order valence-electron chi connectivity index (χ1n) is 8.81. The van der Waals surface area contributed by atoms with Gasteiger partial charge >= 0.3 is 0 Å². The zero-order valence-corrected chi connectivity index (χ0v) is 14.3. The van der Waals surface area contributed by atoms with E-state index in [9.17, 15) is 5.11 Å². The molecule has 6 heteroatoms. The van der Waals surface area contributed by atoms with Crippen LogP contribution in [0.1, 0.15) is 31.2 Å². The number of aliphatic hydroxyl groups excluding tert-OH is 1. The predicted molar refractivity (Wildman–Crippen MR) is 99.3 cm³/mol. The minimum atomic E-state index is -0.148. The average molecular weight is 337 g/mol. The Kier molecular flexibility index (Phi) is 4.28. The van der Waals surface area contributed by atoms with Gasteiger partial charge in [0.1, 0.15) is 5.82 Å². The lowest BCUT2D eigenvalue weighted by molar-refractivity contribution is 0.126. The Hall–Kier alpha value is -2.60. The van der Waals surface area contributed by atoms with Crippen molar-refractivity contribution in [3.63, 3.8) is 0 Å². The number of benzene rings is 1. The molecule has 0 amide bonds. The Morgan fingerprint density at radius 2 is 1.88 bits per heavy atom. The smallest absolute Gasteiger partial charge is 0.247 e. The number of nitrogens with zero attached hydrogens (tertiary/aromatic N) is 3. The Morgan fingerprint density at radius 3 is 2.68 bits per heavy atom. The maximum absolute atomic E-state index is 9.66. The Balaban J connectivity index is 1.56. The van der Waals surface area contributed by atoms with Crippen molar-refractivity contribution in [3.05, 3.63) is 48.0 Å². The lowest BCUT2D eigenvalue weighted by Gasteiger charge is -2.26. The molecule has 0 bridgehead atoms. The quantitative estimate of drug-likeness (QED) is 0.679. The van der Waals surface area contributed by atoms with Crippen molar-refractivity contribution >= 4 is 23.1 Å². The number of hydrogen-bond donors (Lipinski definition) is 3. The first-order chi connectivity index (χ1) is 12.2. The number of aromatic nitrogens is 3. The zero-order chi connectivity index (χ0) is 17.2. The minimum absolute atomic E-state index is 0.148. The third-order valence-electron chi connectivity index (χ3n) is 4.68. The highest BCUT2D eigenvalue weighted by molar-refractivity contribution is 5.58. The van der Waals surface area contributed by atoms with Gasteiger partial charge in [0.05, 0.1) is 6.10 Å². The number of aryl methyl sites for hydroxylation is 1. The molecule has 2 aromatic heterocycles. The van der Waals surface area contributed by atoms with Crippen molar-refractivity contribution in [2.45, 2.75) is 44.8 Å². The maximum Gasteiger partial charge on any atom is 0.247 e. The summed E-state index contributed by atoms with van der Waals surface area (Å²) in [4.78, 5) is 4.56. The molecule has 0 aliphatic heterocycles. The SMILES string of the molecule is Cc1cccc(Nc2nc3cccc(NC4CCC(O)CC4)n3n2)c1. The van der Waals surface area contributed by atoms with Gasteiger partial charge < -0.3 is 15.7 Å². The molecule has 2 heterocycles. The van der Waals surface area contributed by atoms with Crippen LogP contribution in [0.3, 0.4) is 0 Å². The van der Waals surface area contributed by atoms with Gasteiger partial charge in [0.15, 0.2) is 5.65 Å². The number of nitrogens with one attached hydrogen (secondary N) is 2. The van der Waals surface area contributed by atoms with Crippen LogP contribution in [-0.2, 0) is 0 Å². The molecule has 0 spiro atoms. The van der Waals surface area contributed by atoms with E-state index in [1.165, 1.54) is 5.56 Å². The van der Waals surface area contributed by atoms with Crippen LogP contribution < -0.4 is 10.6 Å². The van der Waals surface area contributed by atoms with Crippen LogP contribution in [0.5, 0.6) is 0 Å². The first-order valence-corrected chi connectivity index (χ1v) is 8.81. The van der Waals surface area contributed by atoms with Crippen molar-refractivity contribution in [1.82, 2.24) is 14.6 Å². The second-order valence-corrected chi connectivity index (χ2v) is 6.76. The van der Waals surface area contributed by atoms with Gasteiger partial charge in [-0.2, -0.15) is 9.50 Å². The van der Waals surface area contributed by atoms with Gasteiger partial charge in [-0.25, -0.2) is 0 Å². The molecule has 0 radical (unpaired) electrons. The monoisotopic (exact) mass is 337 g/mol. The van der Waals surface area contributed by atoms with E-state index in [4.69, 9.17) is 0 Å². The lowest BCUT2D eigenvalue weighted by atomic mass is 9.93. The summed E-state index contributed by atoms with van der Waals surface area (Å²) in [7, 11) is 0. The molecule has 25 heavy (non-hydrogen) atoms. The van der Waals surface area contributed by atoms with Gasteiger partial charge in [-0.3, -0.25) is 0 Å². The van der Waals surface area contributed by atoms with E-state index in [2.05, 4.69) is 39.8 Å². The van der Waals surface area contributed by atoms with E-state index < -0.39 is 0 Å². The summed E-state index contributed by atoms with van der Waals surface area (Å²) < 4.78 is 1.84. The average Bonchev–Trinajstić information content (AvgIpc) is 3.00. The number of anilines is 3. The molecule has 0 atom stereocenters. The summed E-state index contributed by atoms with van der Waals surface area (Å²) in [5, 5.41) is 21.1. The third kappa shape index (κ3) is 3.58. The van der Waals surface area contributed by atoms with Gasteiger partial charge in [0.2, 0.25) is 5.95 Å². The standard InChI is InChI=1S/C19H23N5O/c1-13-4-2-5-15(12-13)21-19-22-18-7-3-6-17(24(18)23-19)20-14-8-10-16(25)11-9-14/h2-7,12,14,16,20,25H,8-11H2,1H3,(H,21,23). The molecule has 1 fully saturated rings. The number of rotatable bonds is 4. The van der Waals surface area contributed by atoms with Crippen LogP contribution in [0, 0.1) is 6.92 Å². The summed E-state index contributed by atoms with van der Waals surface area (Å²) in [5.74, 6) is 1.52. The third-order valence-corrected chi connectivity index (χ3v) is 4.68. The summed E-state index contributed by atoms with van der Waals surface area (Å²) >= 11 is 0. The summed E-state index contributed by atoms with van der Waals surface area (Å²) in [6, 6.07) is 14.5. The summed E-state index contributed by atoms with van der Waals surface area (Å²) in [5.41, 5.74) is 2.97. The molecule has 0 unspecified atom stereocenters.